The molecule has 0 unspecified atom stereocenters. The van der Waals surface area contributed by atoms with Crippen molar-refractivity contribution in [1.82, 2.24) is 14.4 Å². The molecule has 2 amide bonds. The van der Waals surface area contributed by atoms with Crippen LogP contribution in [0.2, 0.25) is 15.1 Å². The minimum Gasteiger partial charge on any atom is -0.368 e. The summed E-state index contributed by atoms with van der Waals surface area (Å²) in [4.78, 5) is 31.4. The number of likely N-dealkylation sites (tertiary alicyclic amines) is 2. The second-order valence-corrected chi connectivity index (χ2v) is 16.9. The van der Waals surface area contributed by atoms with Gasteiger partial charge in [0.1, 0.15) is 21.1 Å². The third-order valence-electron chi connectivity index (χ3n) is 9.61. The zero-order valence-corrected chi connectivity index (χ0v) is 29.6. The van der Waals surface area contributed by atoms with Gasteiger partial charge < -0.3 is 15.2 Å². The molecule has 0 atom stereocenters. The largest absolute Gasteiger partial charge is 0.368 e. The average Bonchev–Trinajstić information content (AvgIpc) is 3.35. The first-order valence-corrected chi connectivity index (χ1v) is 18.8. The van der Waals surface area contributed by atoms with Crippen LogP contribution in [0.5, 0.6) is 0 Å². The van der Waals surface area contributed by atoms with Gasteiger partial charge in [-0.25, -0.2) is 8.42 Å². The third-order valence-corrected chi connectivity index (χ3v) is 11.4. The predicted octanol–water partition coefficient (Wildman–Crippen LogP) is 6.80. The molecule has 0 radical (unpaired) electrons. The van der Waals surface area contributed by atoms with Crippen LogP contribution in [0.4, 0.5) is 0 Å². The Morgan fingerprint density at radius 2 is 1.46 bits per heavy atom. The van der Waals surface area contributed by atoms with E-state index in [1.165, 1.54) is 6.26 Å². The van der Waals surface area contributed by atoms with Crippen molar-refractivity contribution >= 4 is 56.5 Å². The molecule has 0 bridgehead atoms. The highest BCUT2D eigenvalue weighted by molar-refractivity contribution is 7.90. The normalized spacial score (nSPS) is 18.4. The zero-order valence-electron chi connectivity index (χ0n) is 26.5. The molecular formula is C34H41Cl3N4O4S. The van der Waals surface area contributed by atoms with Gasteiger partial charge in [0.05, 0.1) is 11.4 Å². The Morgan fingerprint density at radius 3 is 2.02 bits per heavy atom. The molecule has 2 aliphatic heterocycles. The monoisotopic (exact) mass is 706 g/mol. The van der Waals surface area contributed by atoms with Crippen molar-refractivity contribution in [2.45, 2.75) is 58.0 Å². The van der Waals surface area contributed by atoms with E-state index < -0.39 is 15.4 Å². The lowest BCUT2D eigenvalue weighted by molar-refractivity contribution is -0.135. The molecule has 0 spiro atoms. The van der Waals surface area contributed by atoms with Gasteiger partial charge in [-0.2, -0.15) is 0 Å². The number of sulfone groups is 1. The molecule has 3 heterocycles. The summed E-state index contributed by atoms with van der Waals surface area (Å²) in [6.45, 7) is 7.09. The summed E-state index contributed by atoms with van der Waals surface area (Å²) in [7, 11) is -3.24. The highest BCUT2D eigenvalue weighted by Crippen LogP contribution is 2.42. The highest BCUT2D eigenvalue weighted by Gasteiger charge is 2.47. The van der Waals surface area contributed by atoms with Crippen LogP contribution in [0.15, 0.2) is 48.5 Å². The standard InChI is InChI=1S/C34H41Cl3N4O4S/c1-33(2)11-18-40(19-12-33)34(32(38)43)13-16-39(17-14-34)31(42)29-22-27(26-10-9-25(36)21-28(26)37)30(23-5-7-24(35)8-6-23)41(29)15-4-20-46(3,44)45/h5-10,21-22H,4,11-20H2,1-3H3,(H2,38,43). The summed E-state index contributed by atoms with van der Waals surface area (Å²) in [5.41, 5.74) is 8.82. The van der Waals surface area contributed by atoms with Crippen LogP contribution in [-0.2, 0) is 21.2 Å². The molecule has 8 nitrogen and oxygen atoms in total. The van der Waals surface area contributed by atoms with Crippen LogP contribution in [-0.4, -0.2) is 78.3 Å². The number of nitrogens with two attached hydrogens (primary N) is 1. The van der Waals surface area contributed by atoms with Crippen LogP contribution in [0, 0.1) is 5.41 Å². The van der Waals surface area contributed by atoms with Crippen molar-refractivity contribution in [2.75, 3.05) is 38.2 Å². The molecule has 3 aromatic rings. The van der Waals surface area contributed by atoms with Crippen LogP contribution in [0.1, 0.15) is 56.4 Å². The molecule has 248 valence electrons. The number of carbonyl (C=O) groups excluding carboxylic acids is 2. The van der Waals surface area contributed by atoms with Crippen LogP contribution < -0.4 is 5.73 Å². The second-order valence-electron chi connectivity index (χ2n) is 13.4. The summed E-state index contributed by atoms with van der Waals surface area (Å²) in [6.07, 6.45) is 4.37. The Bertz CT molecular complexity index is 1720. The number of piperidine rings is 2. The zero-order chi connectivity index (χ0) is 33.4. The molecule has 0 aliphatic carbocycles. The summed E-state index contributed by atoms with van der Waals surface area (Å²) < 4.78 is 26.1. The predicted molar refractivity (Wildman–Crippen MR) is 186 cm³/mol. The van der Waals surface area contributed by atoms with Crippen molar-refractivity contribution in [3.8, 4) is 22.4 Å². The van der Waals surface area contributed by atoms with E-state index in [4.69, 9.17) is 40.5 Å². The Hall–Kier alpha value is -2.56. The molecular weight excluding hydrogens is 667 g/mol. The van der Waals surface area contributed by atoms with E-state index in [1.54, 1.807) is 29.2 Å². The molecule has 2 saturated heterocycles. The van der Waals surface area contributed by atoms with E-state index in [0.717, 1.165) is 37.2 Å². The first-order chi connectivity index (χ1) is 21.6. The van der Waals surface area contributed by atoms with Gasteiger partial charge in [0, 0.05) is 52.1 Å². The first kappa shape index (κ1) is 34.8. The second kappa shape index (κ2) is 13.5. The Kier molecular flexibility index (Phi) is 10.2. The van der Waals surface area contributed by atoms with Gasteiger partial charge in [-0.3, -0.25) is 14.5 Å². The highest BCUT2D eigenvalue weighted by atomic mass is 35.5. The average molecular weight is 708 g/mol. The van der Waals surface area contributed by atoms with Gasteiger partial charge in [-0.15, -0.1) is 0 Å². The van der Waals surface area contributed by atoms with Crippen LogP contribution in [0.3, 0.4) is 0 Å². The summed E-state index contributed by atoms with van der Waals surface area (Å²) >= 11 is 19.2. The molecule has 2 aromatic carbocycles. The number of rotatable bonds is 9. The van der Waals surface area contributed by atoms with E-state index in [9.17, 15) is 18.0 Å². The molecule has 12 heteroatoms. The van der Waals surface area contributed by atoms with Gasteiger partial charge in [-0.05, 0) is 86.5 Å². The van der Waals surface area contributed by atoms with Crippen molar-refractivity contribution in [3.05, 3.63) is 69.3 Å². The van der Waals surface area contributed by atoms with E-state index in [-0.39, 0.29) is 29.5 Å². The number of carbonyl (C=O) groups is 2. The number of halogens is 3. The fraction of sp³-hybridized carbons (Fsp3) is 0.471. The number of benzene rings is 2. The number of hydrogen-bond donors (Lipinski definition) is 1. The van der Waals surface area contributed by atoms with Crippen molar-refractivity contribution in [3.63, 3.8) is 0 Å². The minimum atomic E-state index is -3.24. The number of aromatic nitrogens is 1. The Labute approximate surface area is 286 Å². The molecule has 1 aromatic heterocycles. The van der Waals surface area contributed by atoms with Crippen LogP contribution >= 0.6 is 34.8 Å². The summed E-state index contributed by atoms with van der Waals surface area (Å²) in [6, 6.07) is 14.3. The maximum atomic E-state index is 14.4. The van der Waals surface area contributed by atoms with E-state index in [2.05, 4.69) is 18.7 Å². The number of hydrogen-bond acceptors (Lipinski definition) is 5. The molecule has 46 heavy (non-hydrogen) atoms. The molecule has 5 rings (SSSR count). The summed E-state index contributed by atoms with van der Waals surface area (Å²) in [5, 5.41) is 1.46. The van der Waals surface area contributed by atoms with Crippen LogP contribution in [0.25, 0.3) is 22.4 Å². The fourth-order valence-electron chi connectivity index (χ4n) is 6.78. The van der Waals surface area contributed by atoms with Gasteiger partial charge in [0.2, 0.25) is 5.91 Å². The van der Waals surface area contributed by atoms with Crippen molar-refractivity contribution in [2.24, 2.45) is 11.1 Å². The maximum absolute atomic E-state index is 14.4. The van der Waals surface area contributed by atoms with E-state index in [0.29, 0.717) is 64.2 Å². The lowest BCUT2D eigenvalue weighted by Crippen LogP contribution is -2.64. The Morgan fingerprint density at radius 1 is 0.848 bits per heavy atom. The van der Waals surface area contributed by atoms with Gasteiger partial charge in [0.25, 0.3) is 5.91 Å². The van der Waals surface area contributed by atoms with E-state index in [1.807, 2.05) is 28.8 Å². The van der Waals surface area contributed by atoms with Gasteiger partial charge >= 0.3 is 0 Å². The van der Waals surface area contributed by atoms with Crippen molar-refractivity contribution in [1.29, 1.82) is 0 Å². The number of nitrogens with zero attached hydrogens (tertiary/aromatic N) is 3. The lowest BCUT2D eigenvalue weighted by Gasteiger charge is -2.50. The molecule has 2 N–H and O–H groups in total. The fourth-order valence-corrected chi connectivity index (χ4v) is 8.07. The third kappa shape index (κ3) is 7.44. The van der Waals surface area contributed by atoms with Gasteiger partial charge in [-0.1, -0.05) is 66.8 Å². The Balaban J connectivity index is 1.54. The number of amides is 2. The topological polar surface area (TPSA) is 106 Å². The molecule has 2 aliphatic rings. The number of primary amides is 1. The first-order valence-electron chi connectivity index (χ1n) is 15.6. The molecule has 0 saturated carbocycles. The quantitative estimate of drug-likeness (QED) is 0.264. The van der Waals surface area contributed by atoms with Gasteiger partial charge in [0.15, 0.2) is 0 Å². The van der Waals surface area contributed by atoms with E-state index >= 15 is 0 Å². The lowest BCUT2D eigenvalue weighted by atomic mass is 9.78. The smallest absolute Gasteiger partial charge is 0.270 e. The van der Waals surface area contributed by atoms with Crippen molar-refractivity contribution < 1.29 is 18.0 Å². The molecule has 2 fully saturated rings. The summed E-state index contributed by atoms with van der Waals surface area (Å²) in [5.74, 6) is -0.579. The maximum Gasteiger partial charge on any atom is 0.270 e. The minimum absolute atomic E-state index is 0.0343. The SMILES string of the molecule is CC1(C)CCN(C2(C(N)=O)CCN(C(=O)c3cc(-c4ccc(Cl)cc4Cl)c(-c4ccc(Cl)cc4)n3CCCS(C)(=O)=O)CC2)CC1.